The highest BCUT2D eigenvalue weighted by Crippen LogP contribution is 2.59. The average Bonchev–Trinajstić information content (AvgIpc) is 4.09. The molecular weight excluding hydrogens is 693 g/mol. The van der Waals surface area contributed by atoms with E-state index in [1.165, 1.54) is 145 Å². The minimum absolute atomic E-state index is 0.690. The maximum Gasteiger partial charge on any atom is 0.554 e. The Kier molecular flexibility index (Phi) is 2.76. The highest BCUT2D eigenvalue weighted by Gasteiger charge is 2.77. The highest BCUT2D eigenvalue weighted by molar-refractivity contribution is 6.10. The van der Waals surface area contributed by atoms with Crippen LogP contribution in [0.2, 0.25) is 0 Å². The molecule has 18 heterocycles. The van der Waals surface area contributed by atoms with Crippen LogP contribution >= 0.6 is 0 Å². The Morgan fingerprint density at radius 2 is 0.804 bits per heavy atom. The molecule has 0 aliphatic carbocycles. The number of nitrogens with zero attached hydrogens (tertiary/aromatic N) is 8. The second-order valence-corrected chi connectivity index (χ2v) is 17.5. The van der Waals surface area contributed by atoms with E-state index in [0.29, 0.717) is 0 Å². The Bertz CT molecular complexity index is 4030. The lowest BCUT2D eigenvalue weighted by molar-refractivity contribution is -0.965. The zero-order valence-electron chi connectivity index (χ0n) is 29.2. The average molecular weight is 715 g/mol. The lowest BCUT2D eigenvalue weighted by Gasteiger charge is -2.37. The molecule has 2 unspecified atom stereocenters. The normalized spacial score (nSPS) is 21.2. The van der Waals surface area contributed by atoms with Gasteiger partial charge >= 0.3 is 11.8 Å². The summed E-state index contributed by atoms with van der Waals surface area (Å²) in [6.07, 6.45) is 6.17. The fraction of sp³-hybridized carbons (Fsp3) is 0.0870. The molecule has 2 atom stereocenters. The summed E-state index contributed by atoms with van der Waals surface area (Å²) in [5, 5.41) is 5.12. The van der Waals surface area contributed by atoms with Gasteiger partial charge in [0, 0.05) is 60.9 Å². The predicted octanol–water partition coefficient (Wildman–Crippen LogP) is 5.55. The molecule has 0 bridgehead atoms. The molecular formula is C46H22N10+4. The van der Waals surface area contributed by atoms with Gasteiger partial charge in [0.1, 0.15) is 0 Å². The van der Waals surface area contributed by atoms with Crippen molar-refractivity contribution in [2.24, 2.45) is 0 Å². The largest absolute Gasteiger partial charge is 0.554 e. The van der Waals surface area contributed by atoms with Crippen LogP contribution in [0, 0.1) is 0 Å². The van der Waals surface area contributed by atoms with Crippen molar-refractivity contribution in [3.05, 3.63) is 120 Å². The molecule has 12 aromatic rings. The molecule has 10 aromatic heterocycles. The summed E-state index contributed by atoms with van der Waals surface area (Å²) in [4.78, 5) is 7.46. The number of rotatable bonds is 0. The number of aromatic amines is 2. The molecule has 56 heavy (non-hydrogen) atoms. The summed E-state index contributed by atoms with van der Waals surface area (Å²) in [7, 11) is 0. The second kappa shape index (κ2) is 6.43. The van der Waals surface area contributed by atoms with Gasteiger partial charge in [-0.3, -0.25) is 0 Å². The van der Waals surface area contributed by atoms with Crippen LogP contribution in [-0.2, 0) is 24.7 Å². The van der Waals surface area contributed by atoms with E-state index in [-0.39, 0.29) is 0 Å². The zero-order chi connectivity index (χ0) is 34.8. The molecule has 0 radical (unpaired) electrons. The summed E-state index contributed by atoms with van der Waals surface area (Å²) in [6.45, 7) is 0. The maximum atomic E-state index is 3.73. The van der Waals surface area contributed by atoms with Crippen molar-refractivity contribution in [2.45, 2.75) is 24.7 Å². The predicted molar refractivity (Wildman–Crippen MR) is 206 cm³/mol. The fourth-order valence-corrected chi connectivity index (χ4v) is 14.4. The van der Waals surface area contributed by atoms with Crippen molar-refractivity contribution >= 4 is 76.7 Å². The molecule has 2 spiro atoms. The van der Waals surface area contributed by atoms with Crippen molar-refractivity contribution in [1.29, 1.82) is 0 Å². The molecule has 2 N–H and O–H groups in total. The number of nitrogens with one attached hydrogen (secondary N) is 2. The molecule has 10 nitrogen and oxygen atoms in total. The van der Waals surface area contributed by atoms with Gasteiger partial charge in [-0.1, -0.05) is 18.3 Å². The van der Waals surface area contributed by atoms with Crippen LogP contribution in [-0.4, -0.2) is 28.2 Å². The van der Waals surface area contributed by atoms with E-state index < -0.39 is 11.8 Å². The van der Waals surface area contributed by atoms with E-state index in [0.717, 1.165) is 12.8 Å². The van der Waals surface area contributed by atoms with Crippen molar-refractivity contribution in [2.75, 3.05) is 0 Å². The third-order valence-electron chi connectivity index (χ3n) is 15.8. The number of fused-ring (bicyclic) bond motifs is 6. The van der Waals surface area contributed by atoms with E-state index in [1.54, 1.807) is 0 Å². The zero-order valence-corrected chi connectivity index (χ0v) is 29.2. The number of aromatic nitrogens is 10. The standard InChI is InChI=1S/C46H20N10/c1-3-21-7-11-31-35-34-16-24-14-28-42-26(18-48-28)30-10-6-20-2-4-22-8-12-32-36-33-15-23-13-27-41-25(17-47-27)29-9-5-19(1)37-39(21)53(31)45(49(23)41,51(29)37)55(33)43(35)44(36)56(34)46(50(24)42)52(30)38(20)40(22)54(32)46/h1-14,17-18H,15-16H2/q+2/p+2. The van der Waals surface area contributed by atoms with Gasteiger partial charge in [-0.2, -0.15) is 18.3 Å². The Morgan fingerprint density at radius 1 is 0.429 bits per heavy atom. The van der Waals surface area contributed by atoms with Crippen LogP contribution in [0.25, 0.3) is 122 Å². The fourth-order valence-electron chi connectivity index (χ4n) is 14.4. The summed E-state index contributed by atoms with van der Waals surface area (Å²) in [5.74, 6) is -1.38. The number of H-pyrrole nitrogens is 2. The van der Waals surface area contributed by atoms with Gasteiger partial charge in [0.05, 0.1) is 88.3 Å². The van der Waals surface area contributed by atoms with E-state index in [4.69, 9.17) is 0 Å². The van der Waals surface area contributed by atoms with Crippen LogP contribution in [0.3, 0.4) is 0 Å². The first kappa shape index (κ1) is 24.0. The van der Waals surface area contributed by atoms with Crippen LogP contribution in [0.15, 0.2) is 97.3 Å². The van der Waals surface area contributed by atoms with Gasteiger partial charge in [-0.15, -0.1) is 0 Å². The lowest BCUT2D eigenvalue weighted by atomic mass is 9.99. The monoisotopic (exact) mass is 714 g/mol. The third kappa shape index (κ3) is 1.73. The molecule has 0 fully saturated rings. The first-order valence-corrected chi connectivity index (χ1v) is 19.8. The molecule has 0 amide bonds. The van der Waals surface area contributed by atoms with E-state index >= 15 is 0 Å². The second-order valence-electron chi connectivity index (χ2n) is 17.5. The SMILES string of the molecule is c1[nH]c2cc3n4c2c1-c1ccc2ccc5ccc6[n+]7c5c2[n+]1C47n1c(c2c4c1c-6c1n4C45n6c(cc7[nH]cc(c76)-c6ccc7ccc8ccc-2[n+]4c8c7[n+]65)C1)C3. The smallest absolute Gasteiger partial charge is 0.359 e. The minimum Gasteiger partial charge on any atom is -0.359 e. The Hall–Kier alpha value is -7.46. The first-order chi connectivity index (χ1) is 27.8. The molecule has 2 aromatic carbocycles. The molecule has 8 aliphatic heterocycles. The molecule has 8 aliphatic rings. The minimum atomic E-state index is -0.690. The summed E-state index contributed by atoms with van der Waals surface area (Å²) in [6, 6.07) is 33.4. The van der Waals surface area contributed by atoms with E-state index in [9.17, 15) is 0 Å². The van der Waals surface area contributed by atoms with Crippen molar-refractivity contribution in [3.8, 4) is 45.0 Å². The van der Waals surface area contributed by atoms with E-state index in [2.05, 4.69) is 144 Å². The maximum absolute atomic E-state index is 3.73. The number of hydrogen-bond acceptors (Lipinski definition) is 0. The van der Waals surface area contributed by atoms with Gasteiger partial charge in [0.25, 0.3) is 22.1 Å². The first-order valence-electron chi connectivity index (χ1n) is 19.8. The molecule has 0 saturated heterocycles. The molecule has 0 saturated carbocycles. The summed E-state index contributed by atoms with van der Waals surface area (Å²) < 4.78 is 22.1. The lowest BCUT2D eigenvalue weighted by Crippen LogP contribution is -2.82. The number of pyridine rings is 4. The van der Waals surface area contributed by atoms with Crippen LogP contribution < -0.4 is 18.3 Å². The molecule has 10 heteroatoms. The Morgan fingerprint density at radius 3 is 1.23 bits per heavy atom. The highest BCUT2D eigenvalue weighted by atomic mass is 15.6. The van der Waals surface area contributed by atoms with Crippen LogP contribution in [0.4, 0.5) is 0 Å². The van der Waals surface area contributed by atoms with Gasteiger partial charge in [-0.25, -0.2) is 0 Å². The Labute approximate surface area is 312 Å². The van der Waals surface area contributed by atoms with Gasteiger partial charge < -0.3 is 9.97 Å². The van der Waals surface area contributed by atoms with Crippen molar-refractivity contribution in [3.63, 3.8) is 0 Å². The van der Waals surface area contributed by atoms with Crippen molar-refractivity contribution < 1.29 is 18.3 Å². The van der Waals surface area contributed by atoms with Gasteiger partial charge in [0.2, 0.25) is 22.8 Å². The van der Waals surface area contributed by atoms with E-state index in [1.807, 2.05) is 0 Å². The Balaban J connectivity index is 1.13. The third-order valence-corrected chi connectivity index (χ3v) is 15.8. The van der Waals surface area contributed by atoms with Crippen LogP contribution in [0.5, 0.6) is 0 Å². The molecule has 20 rings (SSSR count). The summed E-state index contributed by atoms with van der Waals surface area (Å²) >= 11 is 0. The topological polar surface area (TPSA) is 66.8 Å². The number of benzene rings is 2. The van der Waals surface area contributed by atoms with Crippen molar-refractivity contribution in [1.82, 2.24) is 28.2 Å². The number of hydrogen-bond donors (Lipinski definition) is 2. The molecule has 252 valence electrons. The van der Waals surface area contributed by atoms with Gasteiger partial charge in [-0.05, 0) is 60.7 Å². The summed E-state index contributed by atoms with van der Waals surface area (Å²) in [5.41, 5.74) is 29.0. The van der Waals surface area contributed by atoms with Gasteiger partial charge in [0.15, 0.2) is 0 Å². The van der Waals surface area contributed by atoms with Crippen LogP contribution in [0.1, 0.15) is 22.8 Å². The quantitative estimate of drug-likeness (QED) is 0.153.